The van der Waals surface area contributed by atoms with Gasteiger partial charge < -0.3 is 34.5 Å². The second-order valence-electron chi connectivity index (χ2n) is 18.3. The van der Waals surface area contributed by atoms with E-state index in [0.29, 0.717) is 34.1 Å². The summed E-state index contributed by atoms with van der Waals surface area (Å²) in [6.07, 6.45) is 5.75. The number of nitrogens with zero attached hydrogens (tertiary/aromatic N) is 7. The van der Waals surface area contributed by atoms with Crippen LogP contribution in [0.15, 0.2) is 53.5 Å². The van der Waals surface area contributed by atoms with Crippen LogP contribution in [0.5, 0.6) is 5.75 Å². The topological polar surface area (TPSA) is 201 Å². The van der Waals surface area contributed by atoms with Crippen molar-refractivity contribution in [1.82, 2.24) is 35.0 Å². The molecule has 18 nitrogen and oxygen atoms in total. The molecule has 2 aromatic carbocycles. The van der Waals surface area contributed by atoms with Crippen LogP contribution in [-0.4, -0.2) is 130 Å². The molecule has 4 fully saturated rings. The van der Waals surface area contributed by atoms with Gasteiger partial charge in [-0.3, -0.25) is 43.9 Å². The maximum Gasteiger partial charge on any atom is 0.293 e. The van der Waals surface area contributed by atoms with Crippen molar-refractivity contribution in [3.05, 3.63) is 75.2 Å². The molecule has 6 heterocycles. The minimum Gasteiger partial charge on any atom is -0.478 e. The van der Waals surface area contributed by atoms with E-state index in [2.05, 4.69) is 49.5 Å². The number of likely N-dealkylation sites (N-methyl/N-ethyl adjacent to an activating group) is 1. The first-order valence-corrected chi connectivity index (χ1v) is 23.2. The Morgan fingerprint density at radius 1 is 0.924 bits per heavy atom. The number of fused-ring (bicyclic) bond motifs is 2. The molecule has 0 bridgehead atoms. The van der Waals surface area contributed by atoms with Crippen LogP contribution in [0, 0.1) is 0 Å². The molecule has 3 N–H and O–H groups in total. The van der Waals surface area contributed by atoms with Gasteiger partial charge in [0.05, 0.1) is 35.0 Å². The SMILES string of the molecule is CNC(=O)COc1cc2cc(Nc3nc(N4CCC(O[C@H]5C[C@H](N6C[C@@H](C)N(c7ccc8c(c7)C(=O)N(C7CCC(=O)NC7=O)C8=O)[C@H](C)C6)C5)CC4)ncc3Cl)ccc2n(C(C)C)c1=O. The van der Waals surface area contributed by atoms with Crippen molar-refractivity contribution in [2.45, 2.75) is 109 Å². The smallest absolute Gasteiger partial charge is 0.293 e. The first-order valence-electron chi connectivity index (χ1n) is 22.8. The molecule has 66 heavy (non-hydrogen) atoms. The third kappa shape index (κ3) is 8.68. The van der Waals surface area contributed by atoms with E-state index in [0.717, 1.165) is 73.4 Å². The number of benzene rings is 2. The van der Waals surface area contributed by atoms with Gasteiger partial charge in [-0.1, -0.05) is 11.6 Å². The number of ether oxygens (including phenoxy) is 2. The zero-order chi connectivity index (χ0) is 46.6. The highest BCUT2D eigenvalue weighted by Crippen LogP contribution is 2.37. The van der Waals surface area contributed by atoms with Crippen molar-refractivity contribution >= 4 is 75.2 Å². The molecule has 1 saturated carbocycles. The number of hydrogen-bond donors (Lipinski definition) is 3. The lowest BCUT2D eigenvalue weighted by Gasteiger charge is -2.52. The number of hydrogen-bond acceptors (Lipinski definition) is 14. The van der Waals surface area contributed by atoms with Gasteiger partial charge in [0.25, 0.3) is 23.3 Å². The van der Waals surface area contributed by atoms with Gasteiger partial charge in [-0.2, -0.15) is 4.98 Å². The lowest BCUT2D eigenvalue weighted by molar-refractivity contribution is -0.136. The van der Waals surface area contributed by atoms with E-state index in [9.17, 15) is 28.8 Å². The van der Waals surface area contributed by atoms with E-state index in [-0.39, 0.29) is 72.6 Å². The third-order valence-corrected chi connectivity index (χ3v) is 13.8. The van der Waals surface area contributed by atoms with E-state index < -0.39 is 29.7 Å². The Morgan fingerprint density at radius 2 is 1.65 bits per heavy atom. The Kier molecular flexibility index (Phi) is 12.5. The lowest BCUT2D eigenvalue weighted by Crippen LogP contribution is -2.62. The standard InChI is InChI=1S/C47H55ClN10O8/c1-25(2)56-37-9-6-29(16-28(37)17-39(46(56)64)65-24-41(60)49-5)51-42-36(48)21-50-47(53-42)54-14-12-32(13-15-54)66-33-18-31(19-33)55-22-26(3)57(27(4)23-55)30-7-8-34-35(20-30)45(63)58(44(34)62)38-10-11-40(59)52-43(38)61/h6-9,16-17,20-21,25-27,31-33,38H,10-15,18-19,22-24H2,1-5H3,(H,49,60)(H,50,51,53)(H,52,59,61)/t26-,27-,31-,33-,38?/m1/s1. The zero-order valence-corrected chi connectivity index (χ0v) is 38.5. The maximum absolute atomic E-state index is 13.5. The monoisotopic (exact) mass is 922 g/mol. The summed E-state index contributed by atoms with van der Waals surface area (Å²) in [5.74, 6) is -1.25. The molecular formula is C47H55ClN10O8. The summed E-state index contributed by atoms with van der Waals surface area (Å²) in [5.41, 5.74) is 2.55. The molecule has 9 rings (SSSR count). The highest BCUT2D eigenvalue weighted by atomic mass is 35.5. The van der Waals surface area contributed by atoms with Gasteiger partial charge in [-0.25, -0.2) is 4.98 Å². The zero-order valence-electron chi connectivity index (χ0n) is 37.7. The second kappa shape index (κ2) is 18.3. The molecule has 2 aromatic heterocycles. The summed E-state index contributed by atoms with van der Waals surface area (Å²) >= 11 is 6.61. The molecule has 5 aliphatic rings. The molecule has 0 radical (unpaired) electrons. The Balaban J connectivity index is 0.765. The number of carbonyl (C=O) groups is 5. The maximum atomic E-state index is 13.5. The number of piperazine rings is 1. The predicted octanol–water partition coefficient (Wildman–Crippen LogP) is 4.41. The van der Waals surface area contributed by atoms with Crippen LogP contribution in [0.4, 0.5) is 23.1 Å². The Hall–Kier alpha value is -6.11. The fraction of sp³-hybridized carbons (Fsp3) is 0.489. The van der Waals surface area contributed by atoms with Crippen molar-refractivity contribution in [3.8, 4) is 5.75 Å². The molecule has 348 valence electrons. The van der Waals surface area contributed by atoms with Crippen LogP contribution in [0.1, 0.15) is 93.0 Å². The van der Waals surface area contributed by atoms with E-state index in [1.165, 1.54) is 7.05 Å². The van der Waals surface area contributed by atoms with Gasteiger partial charge in [-0.05, 0) is 102 Å². The number of nitrogens with one attached hydrogen (secondary N) is 3. The number of amides is 5. The summed E-state index contributed by atoms with van der Waals surface area (Å²) < 4.78 is 13.9. The highest BCUT2D eigenvalue weighted by molar-refractivity contribution is 6.33. The van der Waals surface area contributed by atoms with Crippen molar-refractivity contribution in [2.24, 2.45) is 0 Å². The number of rotatable bonds is 12. The summed E-state index contributed by atoms with van der Waals surface area (Å²) in [6.45, 7) is 11.1. The number of piperidine rings is 2. The third-order valence-electron chi connectivity index (χ3n) is 13.5. The molecule has 3 atom stereocenters. The van der Waals surface area contributed by atoms with Crippen LogP contribution in [0.2, 0.25) is 5.02 Å². The number of pyridine rings is 1. The van der Waals surface area contributed by atoms with Gasteiger partial charge in [0.15, 0.2) is 18.2 Å². The van der Waals surface area contributed by atoms with Crippen molar-refractivity contribution in [1.29, 1.82) is 0 Å². The predicted molar refractivity (Wildman–Crippen MR) is 248 cm³/mol. The van der Waals surface area contributed by atoms with Gasteiger partial charge in [0.1, 0.15) is 11.1 Å². The fourth-order valence-corrected chi connectivity index (χ4v) is 10.3. The first-order chi connectivity index (χ1) is 31.7. The number of aromatic nitrogens is 3. The average molecular weight is 923 g/mol. The summed E-state index contributed by atoms with van der Waals surface area (Å²) in [7, 11) is 1.51. The minimum absolute atomic E-state index is 0.0788. The van der Waals surface area contributed by atoms with E-state index in [1.54, 1.807) is 29.0 Å². The largest absolute Gasteiger partial charge is 0.478 e. The molecule has 0 spiro atoms. The molecule has 5 amide bonds. The van der Waals surface area contributed by atoms with Crippen molar-refractivity contribution < 1.29 is 33.4 Å². The molecule has 4 aliphatic heterocycles. The average Bonchev–Trinajstić information content (AvgIpc) is 3.52. The molecule has 3 saturated heterocycles. The van der Waals surface area contributed by atoms with E-state index >= 15 is 0 Å². The Bertz CT molecular complexity index is 2650. The fourth-order valence-electron chi connectivity index (χ4n) is 10.2. The Morgan fingerprint density at radius 3 is 2.35 bits per heavy atom. The second-order valence-corrected chi connectivity index (χ2v) is 18.7. The quantitative estimate of drug-likeness (QED) is 0.169. The van der Waals surface area contributed by atoms with Gasteiger partial charge in [-0.15, -0.1) is 0 Å². The number of halogens is 1. The lowest BCUT2D eigenvalue weighted by atomic mass is 9.86. The number of carbonyl (C=O) groups excluding carboxylic acids is 5. The molecular weight excluding hydrogens is 868 g/mol. The molecule has 1 aliphatic carbocycles. The van der Waals surface area contributed by atoms with Crippen LogP contribution in [-0.2, 0) is 19.1 Å². The molecule has 19 heteroatoms. The molecule has 1 unspecified atom stereocenters. The summed E-state index contributed by atoms with van der Waals surface area (Å²) in [4.78, 5) is 93.6. The Labute approximate surface area is 386 Å². The number of anilines is 4. The minimum atomic E-state index is -0.995. The van der Waals surface area contributed by atoms with Gasteiger partial charge in [0, 0.05) is 80.6 Å². The van der Waals surface area contributed by atoms with E-state index in [4.69, 9.17) is 26.1 Å². The normalized spacial score (nSPS) is 23.9. The van der Waals surface area contributed by atoms with Crippen LogP contribution in [0.3, 0.4) is 0 Å². The van der Waals surface area contributed by atoms with Crippen LogP contribution >= 0.6 is 11.6 Å². The van der Waals surface area contributed by atoms with E-state index in [1.807, 2.05) is 38.1 Å². The highest BCUT2D eigenvalue weighted by Gasteiger charge is 2.46. The van der Waals surface area contributed by atoms with Crippen LogP contribution in [0.25, 0.3) is 10.9 Å². The summed E-state index contributed by atoms with van der Waals surface area (Å²) in [6, 6.07) is 12.2. The van der Waals surface area contributed by atoms with Crippen LogP contribution < -0.4 is 36.0 Å². The van der Waals surface area contributed by atoms with Crippen molar-refractivity contribution in [2.75, 3.05) is 55.0 Å². The number of imide groups is 2. The van der Waals surface area contributed by atoms with Crippen molar-refractivity contribution in [3.63, 3.8) is 0 Å². The molecule has 4 aromatic rings. The van der Waals surface area contributed by atoms with Gasteiger partial charge >= 0.3 is 0 Å². The summed E-state index contributed by atoms with van der Waals surface area (Å²) in [5, 5.41) is 9.19. The first kappa shape index (κ1) is 45.1. The van der Waals surface area contributed by atoms with Gasteiger partial charge in [0.2, 0.25) is 17.8 Å².